The summed E-state index contributed by atoms with van der Waals surface area (Å²) < 4.78 is 6.87. The van der Waals surface area contributed by atoms with Crippen LogP contribution in [0.1, 0.15) is 36.8 Å². The number of benzene rings is 3. The highest BCUT2D eigenvalue weighted by Gasteiger charge is 2.56. The van der Waals surface area contributed by atoms with Gasteiger partial charge in [-0.05, 0) is 42.5 Å². The molecule has 3 aromatic carbocycles. The lowest BCUT2D eigenvalue weighted by Crippen LogP contribution is -3.00. The largest absolute Gasteiger partial charge is 1.00 e. The average molecular weight is 580 g/mol. The van der Waals surface area contributed by atoms with Crippen LogP contribution in [0, 0.1) is 11.8 Å². The van der Waals surface area contributed by atoms with Crippen LogP contribution in [-0.4, -0.2) is 54.8 Å². The molecule has 2 fully saturated rings. The summed E-state index contributed by atoms with van der Waals surface area (Å²) in [5, 5.41) is 15.2. The van der Waals surface area contributed by atoms with E-state index in [1.807, 2.05) is 91.0 Å². The van der Waals surface area contributed by atoms with Gasteiger partial charge in [0.25, 0.3) is 5.91 Å². The van der Waals surface area contributed by atoms with Gasteiger partial charge in [-0.3, -0.25) is 4.79 Å². The van der Waals surface area contributed by atoms with Crippen molar-refractivity contribution in [1.82, 2.24) is 5.32 Å². The maximum absolute atomic E-state index is 13.8. The standard InChI is InChI=1S/C32H38N2O3.BrH/c1-34(2,21-12-22-37-27-17-10-5-11-18-27)30-24-19-20-28(30)29(23-24)33-31(35)32(36,25-13-6-3-7-14-25)26-15-8-4-9-16-26;/h3-11,13-18,24,28-30,36H,12,19-23H2,1-2H3;1H/t24-,28+,29+,30?;/m0./s1. The third kappa shape index (κ3) is 5.68. The molecule has 2 saturated carbocycles. The molecule has 2 aliphatic rings. The van der Waals surface area contributed by atoms with Gasteiger partial charge in [0, 0.05) is 24.3 Å². The molecule has 0 spiro atoms. The number of aliphatic hydroxyl groups is 1. The van der Waals surface area contributed by atoms with Gasteiger partial charge in [-0.2, -0.15) is 0 Å². The first-order valence-electron chi connectivity index (χ1n) is 13.5. The molecule has 202 valence electrons. The molecule has 0 heterocycles. The number of nitrogens with zero attached hydrogens (tertiary/aromatic N) is 1. The molecule has 0 aliphatic heterocycles. The van der Waals surface area contributed by atoms with E-state index in [4.69, 9.17) is 4.74 Å². The van der Waals surface area contributed by atoms with Gasteiger partial charge >= 0.3 is 0 Å². The number of para-hydroxylation sites is 1. The normalized spacial score (nSPS) is 22.5. The van der Waals surface area contributed by atoms with E-state index in [0.717, 1.165) is 36.0 Å². The van der Waals surface area contributed by atoms with E-state index in [-0.39, 0.29) is 28.9 Å². The molecular formula is C32H39BrN2O3. The predicted octanol–water partition coefficient (Wildman–Crippen LogP) is 1.76. The number of carbonyl (C=O) groups excluding carboxylic acids is 1. The molecule has 0 radical (unpaired) electrons. The number of carbonyl (C=O) groups is 1. The van der Waals surface area contributed by atoms with Crippen molar-refractivity contribution in [2.24, 2.45) is 11.8 Å². The van der Waals surface area contributed by atoms with E-state index in [9.17, 15) is 9.90 Å². The number of quaternary nitrogens is 1. The Morgan fingerprint density at radius 3 is 2.05 bits per heavy atom. The van der Waals surface area contributed by atoms with Crippen molar-refractivity contribution in [1.29, 1.82) is 0 Å². The van der Waals surface area contributed by atoms with Crippen LogP contribution in [0.25, 0.3) is 0 Å². The molecule has 2 bridgehead atoms. The fourth-order valence-corrected chi connectivity index (χ4v) is 6.94. The highest BCUT2D eigenvalue weighted by molar-refractivity contribution is 5.90. The van der Waals surface area contributed by atoms with Crippen molar-refractivity contribution in [3.8, 4) is 5.75 Å². The van der Waals surface area contributed by atoms with Gasteiger partial charge in [-0.15, -0.1) is 0 Å². The van der Waals surface area contributed by atoms with Crippen molar-refractivity contribution in [3.05, 3.63) is 102 Å². The van der Waals surface area contributed by atoms with E-state index >= 15 is 0 Å². The summed E-state index contributed by atoms with van der Waals surface area (Å²) in [6.07, 6.45) is 4.29. The molecule has 2 N–H and O–H groups in total. The van der Waals surface area contributed by atoms with Crippen molar-refractivity contribution in [2.75, 3.05) is 27.2 Å². The van der Waals surface area contributed by atoms with Gasteiger partial charge in [0.2, 0.25) is 0 Å². The summed E-state index contributed by atoms with van der Waals surface area (Å²) >= 11 is 0. The van der Waals surface area contributed by atoms with E-state index < -0.39 is 5.60 Å². The number of fused-ring (bicyclic) bond motifs is 2. The summed E-state index contributed by atoms with van der Waals surface area (Å²) in [5.74, 6) is 1.58. The molecule has 3 aromatic rings. The summed E-state index contributed by atoms with van der Waals surface area (Å²) in [7, 11) is 4.65. The smallest absolute Gasteiger partial charge is 0.261 e. The second-order valence-electron chi connectivity index (χ2n) is 11.3. The number of ether oxygens (including phenoxy) is 1. The number of rotatable bonds is 10. The Balaban J connectivity index is 0.00000336. The Morgan fingerprint density at radius 1 is 0.921 bits per heavy atom. The van der Waals surface area contributed by atoms with Gasteiger partial charge in [0.05, 0.1) is 33.3 Å². The third-order valence-electron chi connectivity index (χ3n) is 8.59. The summed E-state index contributed by atoms with van der Waals surface area (Å²) in [6, 6.07) is 29.1. The quantitative estimate of drug-likeness (QED) is 0.285. The molecule has 5 rings (SSSR count). The number of nitrogens with one attached hydrogen (secondary N) is 1. The molecule has 0 saturated heterocycles. The first-order chi connectivity index (χ1) is 17.9. The first kappa shape index (κ1) is 28.3. The van der Waals surface area contributed by atoms with Crippen LogP contribution < -0.4 is 27.0 Å². The highest BCUT2D eigenvalue weighted by Crippen LogP contribution is 2.49. The fourth-order valence-electron chi connectivity index (χ4n) is 6.94. The van der Waals surface area contributed by atoms with E-state index in [2.05, 4.69) is 19.4 Å². The number of amides is 1. The Morgan fingerprint density at radius 2 is 1.47 bits per heavy atom. The van der Waals surface area contributed by atoms with Gasteiger partial charge in [0.1, 0.15) is 5.75 Å². The minimum atomic E-state index is -1.72. The van der Waals surface area contributed by atoms with Crippen LogP contribution in [0.2, 0.25) is 0 Å². The van der Waals surface area contributed by atoms with Crippen LogP contribution in [0.4, 0.5) is 0 Å². The zero-order valence-electron chi connectivity index (χ0n) is 22.3. The zero-order valence-corrected chi connectivity index (χ0v) is 23.9. The van der Waals surface area contributed by atoms with Crippen molar-refractivity contribution >= 4 is 5.91 Å². The van der Waals surface area contributed by atoms with Crippen LogP contribution >= 0.6 is 0 Å². The lowest BCUT2D eigenvalue weighted by molar-refractivity contribution is -0.919. The maximum atomic E-state index is 13.8. The van der Waals surface area contributed by atoms with Crippen molar-refractivity contribution in [3.63, 3.8) is 0 Å². The molecule has 5 nitrogen and oxygen atoms in total. The van der Waals surface area contributed by atoms with E-state index in [1.165, 1.54) is 6.42 Å². The Labute approximate surface area is 237 Å². The van der Waals surface area contributed by atoms with E-state index in [0.29, 0.717) is 35.6 Å². The lowest BCUT2D eigenvalue weighted by atomic mass is 9.84. The van der Waals surface area contributed by atoms with Crippen LogP contribution in [-0.2, 0) is 10.4 Å². The van der Waals surface area contributed by atoms with Crippen molar-refractivity contribution < 1.29 is 36.1 Å². The second-order valence-corrected chi connectivity index (χ2v) is 11.3. The van der Waals surface area contributed by atoms with Crippen molar-refractivity contribution in [2.45, 2.75) is 43.4 Å². The SMILES string of the molecule is C[N+](C)(CCCOc1ccccc1)C1[C@H]2CC[C@@H]1[C@H](NC(=O)C(O)(c1ccccc1)c1ccccc1)C2.[Br-]. The molecule has 4 atom stereocenters. The highest BCUT2D eigenvalue weighted by atomic mass is 79.9. The minimum absolute atomic E-state index is 0. The van der Waals surface area contributed by atoms with E-state index in [1.54, 1.807) is 0 Å². The summed E-state index contributed by atoms with van der Waals surface area (Å²) in [4.78, 5) is 13.8. The molecule has 6 heteroatoms. The number of halogens is 1. The Hall–Kier alpha value is -2.67. The molecule has 38 heavy (non-hydrogen) atoms. The summed E-state index contributed by atoms with van der Waals surface area (Å²) in [6.45, 7) is 1.73. The maximum Gasteiger partial charge on any atom is 0.261 e. The monoisotopic (exact) mass is 578 g/mol. The zero-order chi connectivity index (χ0) is 25.9. The van der Waals surface area contributed by atoms with Gasteiger partial charge < -0.3 is 36.6 Å². The average Bonchev–Trinajstić information content (AvgIpc) is 3.51. The first-order valence-corrected chi connectivity index (χ1v) is 13.5. The predicted molar refractivity (Wildman–Crippen MR) is 146 cm³/mol. The fraction of sp³-hybridized carbons (Fsp3) is 0.406. The van der Waals surface area contributed by atoms with Gasteiger partial charge in [-0.1, -0.05) is 78.9 Å². The number of hydrogen-bond acceptors (Lipinski definition) is 3. The Kier molecular flexibility index (Phi) is 8.96. The lowest BCUT2D eigenvalue weighted by Gasteiger charge is -2.39. The van der Waals surface area contributed by atoms with Crippen LogP contribution in [0.5, 0.6) is 5.75 Å². The molecule has 2 aliphatic carbocycles. The van der Waals surface area contributed by atoms with Crippen LogP contribution in [0.3, 0.4) is 0 Å². The van der Waals surface area contributed by atoms with Gasteiger partial charge in [-0.25, -0.2) is 0 Å². The third-order valence-corrected chi connectivity index (χ3v) is 8.59. The van der Waals surface area contributed by atoms with Crippen LogP contribution in [0.15, 0.2) is 91.0 Å². The minimum Gasteiger partial charge on any atom is -1.00 e. The topological polar surface area (TPSA) is 58.6 Å². The molecule has 1 unspecified atom stereocenters. The number of hydrogen-bond donors (Lipinski definition) is 2. The molecule has 0 aromatic heterocycles. The van der Waals surface area contributed by atoms with Gasteiger partial charge in [0.15, 0.2) is 5.60 Å². The molecular weight excluding hydrogens is 540 g/mol. The molecule has 1 amide bonds. The summed E-state index contributed by atoms with van der Waals surface area (Å²) in [5.41, 5.74) is -0.542. The second kappa shape index (κ2) is 12.0. The Bertz CT molecular complexity index is 1130.